The Bertz CT molecular complexity index is 1010. The number of likely N-dealkylation sites (N-methyl/N-ethyl adjacent to an activating group) is 1. The molecule has 0 saturated carbocycles. The number of nitrogens with two attached hydrogens (primary N) is 1. The Balaban J connectivity index is 1.50. The highest BCUT2D eigenvalue weighted by molar-refractivity contribution is 5.95. The molecule has 0 bridgehead atoms. The van der Waals surface area contributed by atoms with Crippen molar-refractivity contribution >= 4 is 23.4 Å². The van der Waals surface area contributed by atoms with Crippen molar-refractivity contribution in [1.29, 1.82) is 0 Å². The molecule has 27 heavy (non-hydrogen) atoms. The molecule has 9 nitrogen and oxygen atoms in total. The van der Waals surface area contributed by atoms with Crippen molar-refractivity contribution in [3.8, 4) is 11.3 Å². The molecule has 1 aromatic carbocycles. The van der Waals surface area contributed by atoms with Crippen LogP contribution in [0, 0.1) is 0 Å². The van der Waals surface area contributed by atoms with E-state index < -0.39 is 0 Å². The third-order valence-electron chi connectivity index (χ3n) is 4.70. The minimum Gasteiger partial charge on any atom is -0.369 e. The Morgan fingerprint density at radius 1 is 1.33 bits per heavy atom. The molecule has 2 aromatic heterocycles. The van der Waals surface area contributed by atoms with E-state index in [0.717, 1.165) is 5.56 Å². The maximum atomic E-state index is 12.4. The molecule has 9 heteroatoms. The van der Waals surface area contributed by atoms with Gasteiger partial charge in [0.1, 0.15) is 6.33 Å². The van der Waals surface area contributed by atoms with Gasteiger partial charge in [-0.25, -0.2) is 4.98 Å². The van der Waals surface area contributed by atoms with Crippen LogP contribution in [0.25, 0.3) is 16.9 Å². The average molecular weight is 365 g/mol. The molecule has 1 saturated heterocycles. The Morgan fingerprint density at radius 2 is 2.11 bits per heavy atom. The second kappa shape index (κ2) is 6.67. The van der Waals surface area contributed by atoms with Gasteiger partial charge in [0.15, 0.2) is 5.65 Å². The summed E-state index contributed by atoms with van der Waals surface area (Å²) >= 11 is 0. The van der Waals surface area contributed by atoms with E-state index >= 15 is 0 Å². The molecule has 0 spiro atoms. The number of fused-ring (bicyclic) bond motifs is 1. The second-order valence-corrected chi connectivity index (χ2v) is 6.44. The zero-order chi connectivity index (χ0) is 19.0. The number of rotatable bonds is 4. The van der Waals surface area contributed by atoms with Crippen molar-refractivity contribution in [1.82, 2.24) is 29.8 Å². The third-order valence-corrected chi connectivity index (χ3v) is 4.70. The summed E-state index contributed by atoms with van der Waals surface area (Å²) in [5.74, 6) is 0.170. The van der Waals surface area contributed by atoms with Crippen LogP contribution in [0.2, 0.25) is 0 Å². The van der Waals surface area contributed by atoms with Crippen molar-refractivity contribution in [2.45, 2.75) is 19.4 Å². The number of hydrogen-bond donors (Lipinski definition) is 2. The van der Waals surface area contributed by atoms with Gasteiger partial charge in [-0.05, 0) is 19.1 Å². The minimum absolute atomic E-state index is 0.0747. The lowest BCUT2D eigenvalue weighted by Gasteiger charge is -2.14. The number of nitrogens with one attached hydrogen (secondary N) is 1. The van der Waals surface area contributed by atoms with Crippen molar-refractivity contribution < 1.29 is 9.59 Å². The van der Waals surface area contributed by atoms with E-state index in [4.69, 9.17) is 5.73 Å². The lowest BCUT2D eigenvalue weighted by molar-refractivity contribution is -0.127. The zero-order valence-corrected chi connectivity index (χ0v) is 14.8. The quantitative estimate of drug-likeness (QED) is 0.703. The van der Waals surface area contributed by atoms with Crippen LogP contribution in [0.4, 0.5) is 5.95 Å². The number of nitrogens with zero attached hydrogens (tertiary/aromatic N) is 5. The van der Waals surface area contributed by atoms with E-state index in [1.165, 1.54) is 6.33 Å². The summed E-state index contributed by atoms with van der Waals surface area (Å²) in [5, 5.41) is 10.7. The molecule has 1 aliphatic rings. The smallest absolute Gasteiger partial charge is 0.251 e. The van der Waals surface area contributed by atoms with Crippen LogP contribution in [0.3, 0.4) is 0 Å². The fourth-order valence-electron chi connectivity index (χ4n) is 3.23. The van der Waals surface area contributed by atoms with E-state index in [1.807, 2.05) is 19.1 Å². The lowest BCUT2D eigenvalue weighted by atomic mass is 10.1. The molecule has 0 radical (unpaired) electrons. The molecule has 0 unspecified atom stereocenters. The summed E-state index contributed by atoms with van der Waals surface area (Å²) < 4.78 is 1.59. The molecule has 2 amide bonds. The summed E-state index contributed by atoms with van der Waals surface area (Å²) in [6.07, 6.45) is 1.85. The van der Waals surface area contributed by atoms with Crippen molar-refractivity contribution in [2.75, 3.05) is 18.8 Å². The van der Waals surface area contributed by atoms with Gasteiger partial charge in [0, 0.05) is 36.7 Å². The van der Waals surface area contributed by atoms with E-state index in [-0.39, 0.29) is 17.9 Å². The molecule has 1 fully saturated rings. The van der Waals surface area contributed by atoms with E-state index in [2.05, 4.69) is 20.5 Å². The largest absolute Gasteiger partial charge is 0.369 e. The Labute approximate surface area is 155 Å². The predicted octanol–water partition coefficient (Wildman–Crippen LogP) is 0.724. The maximum absolute atomic E-state index is 12.4. The highest BCUT2D eigenvalue weighted by Gasteiger charge is 2.29. The summed E-state index contributed by atoms with van der Waals surface area (Å²) in [6.45, 7) is 3.14. The fraction of sp³-hybridized carbons (Fsp3) is 0.278. The van der Waals surface area contributed by atoms with Gasteiger partial charge in [-0.2, -0.15) is 0 Å². The Morgan fingerprint density at radius 3 is 2.81 bits per heavy atom. The standard InChI is InChI=1S/C18H19N7O2/c1-2-24-9-13(7-16(24)26)21-17(27)12-5-3-11(4-6-12)14-8-15-23-20-10-25(15)18(19)22-14/h3-6,8,10,13H,2,7,9H2,1H3,(H2,19,22)(H,21,27)/t13-/m0/s1. The van der Waals surface area contributed by atoms with Crippen LogP contribution in [-0.2, 0) is 4.79 Å². The van der Waals surface area contributed by atoms with Gasteiger partial charge in [-0.1, -0.05) is 12.1 Å². The molecule has 4 rings (SSSR count). The molecule has 3 N–H and O–H groups in total. The molecular weight excluding hydrogens is 346 g/mol. The summed E-state index contributed by atoms with van der Waals surface area (Å²) in [5.41, 5.74) is 8.52. The van der Waals surface area contributed by atoms with Crippen LogP contribution in [0.1, 0.15) is 23.7 Å². The van der Waals surface area contributed by atoms with Crippen LogP contribution in [0.5, 0.6) is 0 Å². The van der Waals surface area contributed by atoms with Gasteiger partial charge in [-0.15, -0.1) is 10.2 Å². The first kappa shape index (κ1) is 17.0. The first-order valence-electron chi connectivity index (χ1n) is 8.70. The minimum atomic E-state index is -0.197. The number of carbonyl (C=O) groups is 2. The molecule has 3 aromatic rings. The SMILES string of the molecule is CCN1C[C@@H](NC(=O)c2ccc(-c3cc4nncn4c(N)n3)cc2)CC1=O. The molecular formula is C18H19N7O2. The van der Waals surface area contributed by atoms with E-state index in [0.29, 0.717) is 42.4 Å². The summed E-state index contributed by atoms with van der Waals surface area (Å²) in [7, 11) is 0. The van der Waals surface area contributed by atoms with Crippen molar-refractivity contribution in [3.63, 3.8) is 0 Å². The first-order valence-corrected chi connectivity index (χ1v) is 8.70. The highest BCUT2D eigenvalue weighted by atomic mass is 16.2. The number of nitrogen functional groups attached to an aromatic ring is 1. The number of aromatic nitrogens is 4. The predicted molar refractivity (Wildman–Crippen MR) is 98.8 cm³/mol. The molecule has 0 aliphatic carbocycles. The molecule has 1 atom stereocenters. The molecule has 3 heterocycles. The van der Waals surface area contributed by atoms with Crippen LogP contribution in [-0.4, -0.2) is 55.4 Å². The number of carbonyl (C=O) groups excluding carboxylic acids is 2. The van der Waals surface area contributed by atoms with Crippen molar-refractivity contribution in [3.05, 3.63) is 42.2 Å². The number of amides is 2. The topological polar surface area (TPSA) is 119 Å². The Hall–Kier alpha value is -3.49. The van der Waals surface area contributed by atoms with Gasteiger partial charge < -0.3 is 16.0 Å². The van der Waals surface area contributed by atoms with Crippen molar-refractivity contribution in [2.24, 2.45) is 0 Å². The lowest BCUT2D eigenvalue weighted by Crippen LogP contribution is -2.37. The summed E-state index contributed by atoms with van der Waals surface area (Å²) in [4.78, 5) is 30.3. The average Bonchev–Trinajstić information content (AvgIpc) is 3.28. The fourth-order valence-corrected chi connectivity index (χ4v) is 3.23. The maximum Gasteiger partial charge on any atom is 0.251 e. The highest BCUT2D eigenvalue weighted by Crippen LogP contribution is 2.21. The third kappa shape index (κ3) is 3.19. The molecule has 138 valence electrons. The van der Waals surface area contributed by atoms with Gasteiger partial charge in [0.2, 0.25) is 11.9 Å². The van der Waals surface area contributed by atoms with Gasteiger partial charge in [0.05, 0.1) is 11.7 Å². The monoisotopic (exact) mass is 365 g/mol. The zero-order valence-electron chi connectivity index (χ0n) is 14.8. The van der Waals surface area contributed by atoms with Crippen LogP contribution >= 0.6 is 0 Å². The van der Waals surface area contributed by atoms with Crippen LogP contribution in [0.15, 0.2) is 36.7 Å². The van der Waals surface area contributed by atoms with E-state index in [9.17, 15) is 9.59 Å². The van der Waals surface area contributed by atoms with Gasteiger partial charge in [-0.3, -0.25) is 14.0 Å². The van der Waals surface area contributed by atoms with E-state index in [1.54, 1.807) is 27.5 Å². The van der Waals surface area contributed by atoms with Gasteiger partial charge >= 0.3 is 0 Å². The second-order valence-electron chi connectivity index (χ2n) is 6.44. The first-order chi connectivity index (χ1) is 13.0. The normalized spacial score (nSPS) is 16.9. The van der Waals surface area contributed by atoms with Crippen LogP contribution < -0.4 is 11.1 Å². The number of anilines is 1. The number of likely N-dealkylation sites (tertiary alicyclic amines) is 1. The van der Waals surface area contributed by atoms with Gasteiger partial charge in [0.25, 0.3) is 5.91 Å². The number of hydrogen-bond acceptors (Lipinski definition) is 6. The number of benzene rings is 1. The molecule has 1 aliphatic heterocycles. The Kier molecular flexibility index (Phi) is 4.19. The summed E-state index contributed by atoms with van der Waals surface area (Å²) in [6, 6.07) is 8.70.